The number of aromatic nitrogens is 2. The second-order valence-electron chi connectivity index (χ2n) is 5.47. The molecule has 0 bridgehead atoms. The van der Waals surface area contributed by atoms with Crippen LogP contribution < -0.4 is 16.2 Å². The van der Waals surface area contributed by atoms with E-state index in [1.54, 1.807) is 30.3 Å². The molecule has 3 aromatic rings. The molecule has 8 heteroatoms. The number of aryl methyl sites for hydroxylation is 1. The predicted molar refractivity (Wildman–Crippen MR) is 94.2 cm³/mol. The minimum Gasteiger partial charge on any atom is -0.463 e. The first-order valence-corrected chi connectivity index (χ1v) is 8.05. The molecule has 3 rings (SSSR count). The number of halogens is 1. The van der Waals surface area contributed by atoms with Crippen LogP contribution in [0.1, 0.15) is 6.42 Å². The van der Waals surface area contributed by atoms with Gasteiger partial charge in [-0.1, -0.05) is 12.1 Å². The standard InChI is InChI=1S/C18H17FN4O3/c19-13-5-1-2-6-14(13)21-18(25)20-10-4-11-23-17(24)9-8-15(22-23)16-7-3-12-26-16/h1-3,5-9,12H,4,10-11H2,(H2,20,21,25). The van der Waals surface area contributed by atoms with Crippen molar-refractivity contribution in [2.75, 3.05) is 11.9 Å². The molecule has 7 nitrogen and oxygen atoms in total. The molecule has 0 aliphatic heterocycles. The first-order valence-electron chi connectivity index (χ1n) is 8.05. The summed E-state index contributed by atoms with van der Waals surface area (Å²) in [5.74, 6) is 0.0642. The Hall–Kier alpha value is -3.42. The van der Waals surface area contributed by atoms with E-state index >= 15 is 0 Å². The number of hydrogen-bond acceptors (Lipinski definition) is 4. The molecule has 0 spiro atoms. The van der Waals surface area contributed by atoms with Crippen LogP contribution in [0.5, 0.6) is 0 Å². The van der Waals surface area contributed by atoms with Gasteiger partial charge in [0.1, 0.15) is 11.5 Å². The molecule has 1 aromatic carbocycles. The number of anilines is 1. The summed E-state index contributed by atoms with van der Waals surface area (Å²) >= 11 is 0. The number of carbonyl (C=O) groups excluding carboxylic acids is 1. The van der Waals surface area contributed by atoms with Crippen molar-refractivity contribution >= 4 is 11.7 Å². The van der Waals surface area contributed by atoms with E-state index in [1.165, 1.54) is 29.1 Å². The predicted octanol–water partition coefficient (Wildman–Crippen LogP) is 2.85. The van der Waals surface area contributed by atoms with Gasteiger partial charge in [0.15, 0.2) is 5.76 Å². The Labute approximate surface area is 148 Å². The number of nitrogens with zero attached hydrogens (tertiary/aromatic N) is 2. The topological polar surface area (TPSA) is 89.2 Å². The van der Waals surface area contributed by atoms with E-state index in [0.717, 1.165) is 0 Å². The van der Waals surface area contributed by atoms with Crippen molar-refractivity contribution < 1.29 is 13.6 Å². The van der Waals surface area contributed by atoms with Crippen molar-refractivity contribution in [2.24, 2.45) is 0 Å². The van der Waals surface area contributed by atoms with Gasteiger partial charge in [0, 0.05) is 19.2 Å². The molecule has 2 aromatic heterocycles. The summed E-state index contributed by atoms with van der Waals surface area (Å²) in [5, 5.41) is 9.28. The zero-order chi connectivity index (χ0) is 18.4. The van der Waals surface area contributed by atoms with Gasteiger partial charge < -0.3 is 15.1 Å². The fourth-order valence-corrected chi connectivity index (χ4v) is 2.32. The molecule has 0 saturated heterocycles. The highest BCUT2D eigenvalue weighted by Crippen LogP contribution is 2.15. The van der Waals surface area contributed by atoms with E-state index in [2.05, 4.69) is 15.7 Å². The first kappa shape index (κ1) is 17.4. The van der Waals surface area contributed by atoms with E-state index in [9.17, 15) is 14.0 Å². The summed E-state index contributed by atoms with van der Waals surface area (Å²) in [6, 6.07) is 11.9. The van der Waals surface area contributed by atoms with Gasteiger partial charge in [-0.15, -0.1) is 0 Å². The largest absolute Gasteiger partial charge is 0.463 e. The van der Waals surface area contributed by atoms with Crippen molar-refractivity contribution in [2.45, 2.75) is 13.0 Å². The molecule has 134 valence electrons. The van der Waals surface area contributed by atoms with Gasteiger partial charge in [-0.25, -0.2) is 13.9 Å². The molecule has 2 N–H and O–H groups in total. The third-order valence-corrected chi connectivity index (χ3v) is 3.59. The zero-order valence-electron chi connectivity index (χ0n) is 13.8. The highest BCUT2D eigenvalue weighted by atomic mass is 19.1. The Morgan fingerprint density at radius 1 is 1.15 bits per heavy atom. The lowest BCUT2D eigenvalue weighted by Crippen LogP contribution is -2.31. The van der Waals surface area contributed by atoms with Gasteiger partial charge in [-0.2, -0.15) is 5.10 Å². The Balaban J connectivity index is 1.51. The van der Waals surface area contributed by atoms with Crippen LogP contribution >= 0.6 is 0 Å². The Morgan fingerprint density at radius 3 is 2.77 bits per heavy atom. The van der Waals surface area contributed by atoms with Crippen LogP contribution in [0, 0.1) is 5.82 Å². The number of benzene rings is 1. The van der Waals surface area contributed by atoms with Gasteiger partial charge >= 0.3 is 6.03 Å². The molecule has 0 fully saturated rings. The van der Waals surface area contributed by atoms with Crippen LogP contribution in [0.2, 0.25) is 0 Å². The Kier molecular flexibility index (Phi) is 5.43. The number of nitrogens with one attached hydrogen (secondary N) is 2. The van der Waals surface area contributed by atoms with Crippen LogP contribution in [-0.4, -0.2) is 22.4 Å². The van der Waals surface area contributed by atoms with Gasteiger partial charge in [0.05, 0.1) is 12.0 Å². The third kappa shape index (κ3) is 4.35. The first-order chi connectivity index (χ1) is 12.6. The van der Waals surface area contributed by atoms with Crippen molar-refractivity contribution in [1.29, 1.82) is 0 Å². The van der Waals surface area contributed by atoms with E-state index in [0.29, 0.717) is 31.0 Å². The maximum absolute atomic E-state index is 13.5. The molecule has 0 atom stereocenters. The molecule has 2 amide bonds. The lowest BCUT2D eigenvalue weighted by Gasteiger charge is -2.09. The summed E-state index contributed by atoms with van der Waals surface area (Å²) in [6.07, 6.45) is 2.02. The van der Waals surface area contributed by atoms with Crippen molar-refractivity contribution in [3.05, 3.63) is 71.0 Å². The van der Waals surface area contributed by atoms with E-state index in [-0.39, 0.29) is 11.2 Å². The average Bonchev–Trinajstić information content (AvgIpc) is 3.17. The van der Waals surface area contributed by atoms with Crippen LogP contribution in [0.4, 0.5) is 14.9 Å². The van der Waals surface area contributed by atoms with Gasteiger partial charge in [0.2, 0.25) is 0 Å². The summed E-state index contributed by atoms with van der Waals surface area (Å²) in [5.41, 5.74) is 0.421. The van der Waals surface area contributed by atoms with Crippen LogP contribution in [-0.2, 0) is 6.54 Å². The number of furan rings is 1. The van der Waals surface area contributed by atoms with Crippen molar-refractivity contribution in [3.8, 4) is 11.5 Å². The van der Waals surface area contributed by atoms with Gasteiger partial charge in [-0.3, -0.25) is 4.79 Å². The van der Waals surface area contributed by atoms with Crippen LogP contribution in [0.15, 0.2) is 64.0 Å². The van der Waals surface area contributed by atoms with E-state index in [4.69, 9.17) is 4.42 Å². The molecule has 0 aliphatic carbocycles. The lowest BCUT2D eigenvalue weighted by atomic mass is 10.3. The number of para-hydroxylation sites is 1. The number of carbonyl (C=O) groups is 1. The van der Waals surface area contributed by atoms with E-state index in [1.807, 2.05) is 0 Å². The smallest absolute Gasteiger partial charge is 0.319 e. The normalized spacial score (nSPS) is 10.5. The second-order valence-corrected chi connectivity index (χ2v) is 5.47. The number of amides is 2. The quantitative estimate of drug-likeness (QED) is 0.665. The number of rotatable bonds is 6. The minimum atomic E-state index is -0.514. The van der Waals surface area contributed by atoms with Crippen molar-refractivity contribution in [3.63, 3.8) is 0 Å². The summed E-state index contributed by atoms with van der Waals surface area (Å²) in [7, 11) is 0. The molecular weight excluding hydrogens is 339 g/mol. The van der Waals surface area contributed by atoms with Crippen LogP contribution in [0.3, 0.4) is 0 Å². The Bertz CT molecular complexity index is 938. The van der Waals surface area contributed by atoms with Gasteiger partial charge in [0.25, 0.3) is 5.56 Å². The van der Waals surface area contributed by atoms with Crippen LogP contribution in [0.25, 0.3) is 11.5 Å². The summed E-state index contributed by atoms with van der Waals surface area (Å²) in [4.78, 5) is 23.6. The number of hydrogen-bond donors (Lipinski definition) is 2. The van der Waals surface area contributed by atoms with Gasteiger partial charge in [-0.05, 0) is 36.8 Å². The molecular formula is C18H17FN4O3. The Morgan fingerprint density at radius 2 is 2.00 bits per heavy atom. The molecule has 0 saturated carbocycles. The molecule has 0 aliphatic rings. The average molecular weight is 356 g/mol. The number of urea groups is 1. The minimum absolute atomic E-state index is 0.106. The molecule has 0 radical (unpaired) electrons. The molecule has 0 unspecified atom stereocenters. The highest BCUT2D eigenvalue weighted by molar-refractivity contribution is 5.89. The monoisotopic (exact) mass is 356 g/mol. The maximum Gasteiger partial charge on any atom is 0.319 e. The maximum atomic E-state index is 13.5. The fraction of sp³-hybridized carbons (Fsp3) is 0.167. The van der Waals surface area contributed by atoms with E-state index < -0.39 is 11.8 Å². The molecule has 2 heterocycles. The highest BCUT2D eigenvalue weighted by Gasteiger charge is 2.07. The second kappa shape index (κ2) is 8.11. The van der Waals surface area contributed by atoms with Crippen molar-refractivity contribution in [1.82, 2.24) is 15.1 Å². The summed E-state index contributed by atoms with van der Waals surface area (Å²) < 4.78 is 20.0. The molecule has 26 heavy (non-hydrogen) atoms. The summed E-state index contributed by atoms with van der Waals surface area (Å²) in [6.45, 7) is 0.632. The fourth-order valence-electron chi connectivity index (χ4n) is 2.32. The third-order valence-electron chi connectivity index (χ3n) is 3.59. The SMILES string of the molecule is O=C(NCCCn1nc(-c2ccco2)ccc1=O)Nc1ccccc1F. The lowest BCUT2D eigenvalue weighted by molar-refractivity contribution is 0.251. The zero-order valence-corrected chi connectivity index (χ0v) is 13.8.